The fraction of sp³-hybridized carbons (Fsp3) is 0.467. The molecule has 0 fully saturated rings. The first kappa shape index (κ1) is 15.6. The largest absolute Gasteiger partial charge is 0.371 e. The number of nitrogens with zero attached hydrogens (tertiary/aromatic N) is 2. The van der Waals surface area contributed by atoms with Gasteiger partial charge in [-0.25, -0.2) is 0 Å². The van der Waals surface area contributed by atoms with Gasteiger partial charge in [0.2, 0.25) is 5.91 Å². The lowest BCUT2D eigenvalue weighted by atomic mass is 10.1. The van der Waals surface area contributed by atoms with Gasteiger partial charge in [0.05, 0.1) is 24.0 Å². The zero-order valence-electron chi connectivity index (χ0n) is 12.9. The molecule has 2 aromatic rings. The van der Waals surface area contributed by atoms with E-state index in [0.29, 0.717) is 6.54 Å². The van der Waals surface area contributed by atoms with Crippen molar-refractivity contribution in [1.29, 1.82) is 0 Å². The van der Waals surface area contributed by atoms with Crippen molar-refractivity contribution in [2.45, 2.75) is 45.8 Å². The van der Waals surface area contributed by atoms with Crippen LogP contribution in [0.3, 0.4) is 0 Å². The predicted molar refractivity (Wildman–Crippen MR) is 86.5 cm³/mol. The molecule has 0 aromatic carbocycles. The zero-order chi connectivity index (χ0) is 15.5. The van der Waals surface area contributed by atoms with E-state index in [1.54, 1.807) is 17.5 Å². The zero-order valence-corrected chi connectivity index (χ0v) is 13.7. The van der Waals surface area contributed by atoms with Gasteiger partial charge in [0.15, 0.2) is 0 Å². The molecule has 0 aliphatic heterocycles. The first-order valence-corrected chi connectivity index (χ1v) is 7.86. The Morgan fingerprint density at radius 3 is 2.81 bits per heavy atom. The quantitative estimate of drug-likeness (QED) is 0.893. The fourth-order valence-corrected chi connectivity index (χ4v) is 2.46. The number of hydrogen-bond donors (Lipinski definition) is 2. The molecule has 0 unspecified atom stereocenters. The molecule has 1 amide bonds. The molecule has 0 aliphatic rings. The van der Waals surface area contributed by atoms with Crippen LogP contribution in [-0.2, 0) is 16.9 Å². The van der Waals surface area contributed by atoms with Gasteiger partial charge in [-0.15, -0.1) is 11.3 Å². The van der Waals surface area contributed by atoms with Gasteiger partial charge in [-0.2, -0.15) is 5.10 Å². The summed E-state index contributed by atoms with van der Waals surface area (Å²) < 4.78 is 1.88. The van der Waals surface area contributed by atoms with Gasteiger partial charge in [-0.1, -0.05) is 6.07 Å². The Labute approximate surface area is 129 Å². The number of aromatic nitrogens is 2. The van der Waals surface area contributed by atoms with Crippen molar-refractivity contribution in [3.8, 4) is 0 Å². The van der Waals surface area contributed by atoms with Crippen LogP contribution in [0, 0.1) is 0 Å². The van der Waals surface area contributed by atoms with Crippen LogP contribution in [0.5, 0.6) is 0 Å². The van der Waals surface area contributed by atoms with E-state index in [4.69, 9.17) is 0 Å². The molecule has 0 bridgehead atoms. The van der Waals surface area contributed by atoms with Crippen LogP contribution in [0.2, 0.25) is 0 Å². The van der Waals surface area contributed by atoms with Crippen molar-refractivity contribution in [3.63, 3.8) is 0 Å². The molecule has 2 aromatic heterocycles. The Morgan fingerprint density at radius 2 is 2.24 bits per heavy atom. The summed E-state index contributed by atoms with van der Waals surface area (Å²) in [5.41, 5.74) is 0.786. The number of nitrogens with one attached hydrogen (secondary N) is 2. The maximum absolute atomic E-state index is 12.1. The Morgan fingerprint density at radius 1 is 1.48 bits per heavy atom. The number of thiophene rings is 1. The standard InChI is InChI=1S/C15H22N4OS/c1-11(14(20)16-9-13-6-5-7-21-13)18-12-8-17-19(10-12)15(2,3)4/h5-8,10-11,18H,9H2,1-4H3,(H,16,20)/t11-/m1/s1. The van der Waals surface area contributed by atoms with E-state index >= 15 is 0 Å². The molecular formula is C15H22N4OS. The summed E-state index contributed by atoms with van der Waals surface area (Å²) in [5.74, 6) is -0.0214. The molecule has 21 heavy (non-hydrogen) atoms. The summed E-state index contributed by atoms with van der Waals surface area (Å²) >= 11 is 1.64. The highest BCUT2D eigenvalue weighted by atomic mass is 32.1. The van der Waals surface area contributed by atoms with Gasteiger partial charge in [-0.3, -0.25) is 9.48 Å². The molecule has 0 saturated heterocycles. The summed E-state index contributed by atoms with van der Waals surface area (Å²) in [4.78, 5) is 13.2. The van der Waals surface area contributed by atoms with Crippen molar-refractivity contribution in [1.82, 2.24) is 15.1 Å². The normalized spacial score (nSPS) is 13.0. The van der Waals surface area contributed by atoms with Gasteiger partial charge < -0.3 is 10.6 Å². The molecule has 1 atom stereocenters. The van der Waals surface area contributed by atoms with Crippen LogP contribution >= 0.6 is 11.3 Å². The Bertz CT molecular complexity index is 583. The van der Waals surface area contributed by atoms with Gasteiger partial charge in [0.25, 0.3) is 0 Å². The highest BCUT2D eigenvalue weighted by Gasteiger charge is 2.16. The third kappa shape index (κ3) is 4.32. The van der Waals surface area contributed by atoms with Crippen LogP contribution in [0.15, 0.2) is 29.9 Å². The number of amides is 1. The average Bonchev–Trinajstić information content (AvgIpc) is 3.05. The number of anilines is 1. The first-order valence-electron chi connectivity index (χ1n) is 6.98. The summed E-state index contributed by atoms with van der Waals surface area (Å²) in [6.07, 6.45) is 3.66. The van der Waals surface area contributed by atoms with Gasteiger partial charge in [-0.05, 0) is 39.1 Å². The minimum atomic E-state index is -0.303. The van der Waals surface area contributed by atoms with Crippen molar-refractivity contribution in [3.05, 3.63) is 34.8 Å². The number of carbonyl (C=O) groups is 1. The maximum Gasteiger partial charge on any atom is 0.242 e. The van der Waals surface area contributed by atoms with Crippen LogP contribution in [0.25, 0.3) is 0 Å². The molecule has 0 aliphatic carbocycles. The fourth-order valence-electron chi connectivity index (χ4n) is 1.82. The lowest BCUT2D eigenvalue weighted by molar-refractivity contribution is -0.121. The van der Waals surface area contributed by atoms with Crippen LogP contribution in [0.1, 0.15) is 32.6 Å². The third-order valence-electron chi connectivity index (χ3n) is 3.06. The number of carbonyl (C=O) groups excluding carboxylic acids is 1. The lowest BCUT2D eigenvalue weighted by Crippen LogP contribution is -2.36. The van der Waals surface area contributed by atoms with E-state index < -0.39 is 0 Å². The average molecular weight is 306 g/mol. The van der Waals surface area contributed by atoms with E-state index in [9.17, 15) is 4.79 Å². The van der Waals surface area contributed by atoms with E-state index in [-0.39, 0.29) is 17.5 Å². The van der Waals surface area contributed by atoms with Crippen LogP contribution in [-0.4, -0.2) is 21.7 Å². The van der Waals surface area contributed by atoms with E-state index in [1.165, 1.54) is 0 Å². The molecule has 0 saturated carbocycles. The van der Waals surface area contributed by atoms with Crippen molar-refractivity contribution in [2.24, 2.45) is 0 Å². The minimum absolute atomic E-state index is 0.0214. The second kappa shape index (κ2) is 6.30. The molecular weight excluding hydrogens is 284 g/mol. The summed E-state index contributed by atoms with van der Waals surface area (Å²) in [6, 6.07) is 3.69. The number of rotatable bonds is 5. The monoisotopic (exact) mass is 306 g/mol. The summed E-state index contributed by atoms with van der Waals surface area (Å²) in [6.45, 7) is 8.67. The molecule has 114 valence electrons. The second-order valence-corrected chi connectivity index (χ2v) is 7.04. The van der Waals surface area contributed by atoms with E-state index in [2.05, 4.69) is 36.5 Å². The van der Waals surface area contributed by atoms with Crippen LogP contribution in [0.4, 0.5) is 5.69 Å². The molecule has 0 spiro atoms. The minimum Gasteiger partial charge on any atom is -0.371 e. The molecule has 2 heterocycles. The smallest absolute Gasteiger partial charge is 0.242 e. The van der Waals surface area contributed by atoms with Crippen molar-refractivity contribution < 1.29 is 4.79 Å². The first-order chi connectivity index (χ1) is 9.86. The third-order valence-corrected chi connectivity index (χ3v) is 3.94. The number of hydrogen-bond acceptors (Lipinski definition) is 4. The summed E-state index contributed by atoms with van der Waals surface area (Å²) in [5, 5.41) is 12.4. The van der Waals surface area contributed by atoms with Gasteiger partial charge >= 0.3 is 0 Å². The van der Waals surface area contributed by atoms with Crippen molar-refractivity contribution >= 4 is 22.9 Å². The molecule has 2 N–H and O–H groups in total. The molecule has 2 rings (SSSR count). The Balaban J connectivity index is 1.87. The second-order valence-electron chi connectivity index (χ2n) is 6.01. The molecule has 5 nitrogen and oxygen atoms in total. The molecule has 0 radical (unpaired) electrons. The van der Waals surface area contributed by atoms with E-state index in [1.807, 2.05) is 35.3 Å². The lowest BCUT2D eigenvalue weighted by Gasteiger charge is -2.19. The highest BCUT2D eigenvalue weighted by molar-refractivity contribution is 7.09. The highest BCUT2D eigenvalue weighted by Crippen LogP contribution is 2.16. The van der Waals surface area contributed by atoms with Gasteiger partial charge in [0, 0.05) is 11.1 Å². The Kier molecular flexibility index (Phi) is 4.67. The van der Waals surface area contributed by atoms with Gasteiger partial charge in [0.1, 0.15) is 6.04 Å². The Hall–Kier alpha value is -1.82. The topological polar surface area (TPSA) is 59.0 Å². The van der Waals surface area contributed by atoms with Crippen LogP contribution < -0.4 is 10.6 Å². The predicted octanol–water partition coefficient (Wildman–Crippen LogP) is 2.82. The maximum atomic E-state index is 12.1. The SMILES string of the molecule is C[C@@H](Nc1cnn(C(C)(C)C)c1)C(=O)NCc1cccs1. The molecule has 6 heteroatoms. The van der Waals surface area contributed by atoms with Crippen molar-refractivity contribution in [2.75, 3.05) is 5.32 Å². The summed E-state index contributed by atoms with van der Waals surface area (Å²) in [7, 11) is 0. The van der Waals surface area contributed by atoms with E-state index in [0.717, 1.165) is 10.6 Å².